The SMILES string of the molecule is c1ccc(N2CCN(Cc3cccc(OC4CCNCC4)c3)CC2)cc1. The molecule has 0 saturated carbocycles. The van der Waals surface area contributed by atoms with E-state index in [2.05, 4.69) is 69.7 Å². The third-order valence-corrected chi connectivity index (χ3v) is 5.39. The minimum absolute atomic E-state index is 0.362. The number of nitrogens with one attached hydrogen (secondary N) is 1. The van der Waals surface area contributed by atoms with E-state index in [-0.39, 0.29) is 0 Å². The largest absolute Gasteiger partial charge is 0.490 e. The molecular weight excluding hydrogens is 322 g/mol. The van der Waals surface area contributed by atoms with Gasteiger partial charge in [-0.25, -0.2) is 0 Å². The molecule has 4 rings (SSSR count). The van der Waals surface area contributed by atoms with Crippen molar-refractivity contribution in [3.63, 3.8) is 0 Å². The van der Waals surface area contributed by atoms with E-state index in [1.54, 1.807) is 0 Å². The second-order valence-electron chi connectivity index (χ2n) is 7.31. The number of hydrogen-bond donors (Lipinski definition) is 1. The summed E-state index contributed by atoms with van der Waals surface area (Å²) in [5.41, 5.74) is 2.69. The summed E-state index contributed by atoms with van der Waals surface area (Å²) in [4.78, 5) is 5.02. The van der Waals surface area contributed by atoms with Crippen LogP contribution in [0.4, 0.5) is 5.69 Å². The number of hydrogen-bond acceptors (Lipinski definition) is 4. The maximum Gasteiger partial charge on any atom is 0.120 e. The number of para-hydroxylation sites is 1. The second kappa shape index (κ2) is 8.56. The average Bonchev–Trinajstić information content (AvgIpc) is 2.70. The normalized spacial score (nSPS) is 19.5. The maximum absolute atomic E-state index is 6.19. The van der Waals surface area contributed by atoms with Crippen LogP contribution in [0.25, 0.3) is 0 Å². The van der Waals surface area contributed by atoms with Crippen molar-refractivity contribution in [1.29, 1.82) is 0 Å². The molecule has 0 radical (unpaired) electrons. The van der Waals surface area contributed by atoms with Gasteiger partial charge in [0.1, 0.15) is 11.9 Å². The first-order valence-electron chi connectivity index (χ1n) is 9.85. The molecule has 1 N–H and O–H groups in total. The van der Waals surface area contributed by atoms with Gasteiger partial charge in [0.25, 0.3) is 0 Å². The van der Waals surface area contributed by atoms with Crippen molar-refractivity contribution in [3.8, 4) is 5.75 Å². The van der Waals surface area contributed by atoms with Gasteiger partial charge in [-0.05, 0) is 55.8 Å². The van der Waals surface area contributed by atoms with Crippen molar-refractivity contribution in [2.75, 3.05) is 44.2 Å². The van der Waals surface area contributed by atoms with Gasteiger partial charge in [0, 0.05) is 38.4 Å². The van der Waals surface area contributed by atoms with Crippen LogP contribution in [-0.2, 0) is 6.54 Å². The molecule has 0 unspecified atom stereocenters. The van der Waals surface area contributed by atoms with Gasteiger partial charge in [-0.1, -0.05) is 30.3 Å². The zero-order valence-electron chi connectivity index (χ0n) is 15.4. The highest BCUT2D eigenvalue weighted by Gasteiger charge is 2.18. The highest BCUT2D eigenvalue weighted by atomic mass is 16.5. The van der Waals surface area contributed by atoms with Crippen LogP contribution < -0.4 is 15.0 Å². The monoisotopic (exact) mass is 351 g/mol. The topological polar surface area (TPSA) is 27.7 Å². The number of nitrogens with zero attached hydrogens (tertiary/aromatic N) is 2. The maximum atomic E-state index is 6.19. The summed E-state index contributed by atoms with van der Waals surface area (Å²) in [6, 6.07) is 19.4. The molecule has 0 amide bonds. The summed E-state index contributed by atoms with van der Waals surface area (Å²) in [5.74, 6) is 1.03. The predicted octanol–water partition coefficient (Wildman–Crippen LogP) is 3.14. The Bertz CT molecular complexity index is 677. The van der Waals surface area contributed by atoms with Crippen LogP contribution in [0.2, 0.25) is 0 Å². The summed E-state index contributed by atoms with van der Waals surface area (Å²) in [7, 11) is 0. The van der Waals surface area contributed by atoms with Gasteiger partial charge in [-0.15, -0.1) is 0 Å². The Morgan fingerprint density at radius 3 is 2.42 bits per heavy atom. The van der Waals surface area contributed by atoms with Gasteiger partial charge in [-0.2, -0.15) is 0 Å². The van der Waals surface area contributed by atoms with E-state index in [0.717, 1.165) is 64.4 Å². The third-order valence-electron chi connectivity index (χ3n) is 5.39. The van der Waals surface area contributed by atoms with Crippen LogP contribution in [0.3, 0.4) is 0 Å². The number of piperazine rings is 1. The molecule has 138 valence electrons. The van der Waals surface area contributed by atoms with Gasteiger partial charge in [0.05, 0.1) is 0 Å². The third kappa shape index (κ3) is 4.57. The van der Waals surface area contributed by atoms with E-state index in [1.165, 1.54) is 11.3 Å². The zero-order valence-corrected chi connectivity index (χ0v) is 15.4. The first-order valence-corrected chi connectivity index (χ1v) is 9.85. The van der Waals surface area contributed by atoms with Crippen molar-refractivity contribution in [2.24, 2.45) is 0 Å². The first-order chi connectivity index (χ1) is 12.9. The van der Waals surface area contributed by atoms with Crippen LogP contribution >= 0.6 is 0 Å². The van der Waals surface area contributed by atoms with Gasteiger partial charge in [-0.3, -0.25) is 4.90 Å². The number of rotatable bonds is 5. The van der Waals surface area contributed by atoms with E-state index >= 15 is 0 Å². The van der Waals surface area contributed by atoms with Gasteiger partial charge in [0.15, 0.2) is 0 Å². The lowest BCUT2D eigenvalue weighted by molar-refractivity contribution is 0.162. The molecule has 2 aliphatic rings. The lowest BCUT2D eigenvalue weighted by Gasteiger charge is -2.36. The molecule has 2 aromatic carbocycles. The Kier molecular flexibility index (Phi) is 5.72. The van der Waals surface area contributed by atoms with Gasteiger partial charge in [0.2, 0.25) is 0 Å². The minimum atomic E-state index is 0.362. The number of piperidine rings is 1. The van der Waals surface area contributed by atoms with Crippen LogP contribution in [0, 0.1) is 0 Å². The molecule has 0 spiro atoms. The van der Waals surface area contributed by atoms with Crippen molar-refractivity contribution >= 4 is 5.69 Å². The van der Waals surface area contributed by atoms with Crippen LogP contribution in [0.15, 0.2) is 54.6 Å². The fourth-order valence-electron chi connectivity index (χ4n) is 3.88. The molecule has 26 heavy (non-hydrogen) atoms. The summed E-state index contributed by atoms with van der Waals surface area (Å²) < 4.78 is 6.19. The molecule has 2 fully saturated rings. The number of ether oxygens (including phenoxy) is 1. The first kappa shape index (κ1) is 17.4. The molecule has 0 aromatic heterocycles. The average molecular weight is 351 g/mol. The van der Waals surface area contributed by atoms with Crippen LogP contribution in [0.5, 0.6) is 5.75 Å². The Labute approximate surface area is 156 Å². The molecule has 4 heteroatoms. The van der Waals surface area contributed by atoms with Crippen LogP contribution in [-0.4, -0.2) is 50.3 Å². The second-order valence-corrected chi connectivity index (χ2v) is 7.31. The van der Waals surface area contributed by atoms with E-state index in [9.17, 15) is 0 Å². The summed E-state index contributed by atoms with van der Waals surface area (Å²) in [5, 5.41) is 3.39. The van der Waals surface area contributed by atoms with Crippen LogP contribution in [0.1, 0.15) is 18.4 Å². The number of anilines is 1. The molecule has 2 aliphatic heterocycles. The Hall–Kier alpha value is -2.04. The quantitative estimate of drug-likeness (QED) is 0.896. The van der Waals surface area contributed by atoms with Crippen molar-refractivity contribution in [3.05, 3.63) is 60.2 Å². The molecule has 0 bridgehead atoms. The fourth-order valence-corrected chi connectivity index (χ4v) is 3.88. The molecular formula is C22H29N3O. The molecule has 2 heterocycles. The molecule has 4 nitrogen and oxygen atoms in total. The van der Waals surface area contributed by atoms with E-state index < -0.39 is 0 Å². The number of benzene rings is 2. The zero-order chi connectivity index (χ0) is 17.6. The molecule has 2 aromatic rings. The van der Waals surface area contributed by atoms with Crippen molar-refractivity contribution < 1.29 is 4.74 Å². The Balaban J connectivity index is 1.30. The summed E-state index contributed by atoms with van der Waals surface area (Å²) >= 11 is 0. The molecule has 0 atom stereocenters. The smallest absolute Gasteiger partial charge is 0.120 e. The van der Waals surface area contributed by atoms with Gasteiger partial charge < -0.3 is 15.0 Å². The molecule has 0 aliphatic carbocycles. The predicted molar refractivity (Wildman–Crippen MR) is 107 cm³/mol. The highest BCUT2D eigenvalue weighted by molar-refractivity contribution is 5.46. The van der Waals surface area contributed by atoms with E-state index in [4.69, 9.17) is 4.74 Å². The van der Waals surface area contributed by atoms with E-state index in [1.807, 2.05) is 0 Å². The summed E-state index contributed by atoms with van der Waals surface area (Å²) in [6.07, 6.45) is 2.57. The van der Waals surface area contributed by atoms with E-state index in [0.29, 0.717) is 6.10 Å². The fraction of sp³-hybridized carbons (Fsp3) is 0.455. The van der Waals surface area contributed by atoms with Gasteiger partial charge >= 0.3 is 0 Å². The van der Waals surface area contributed by atoms with Crippen molar-refractivity contribution in [2.45, 2.75) is 25.5 Å². The lowest BCUT2D eigenvalue weighted by atomic mass is 10.1. The lowest BCUT2D eigenvalue weighted by Crippen LogP contribution is -2.45. The standard InChI is InChI=1S/C22H29N3O/c1-2-6-20(7-3-1)25-15-13-24(14-16-25)18-19-5-4-8-22(17-19)26-21-9-11-23-12-10-21/h1-8,17,21,23H,9-16,18H2. The molecule has 2 saturated heterocycles. The summed E-state index contributed by atoms with van der Waals surface area (Å²) in [6.45, 7) is 7.53. The Morgan fingerprint density at radius 1 is 0.885 bits per heavy atom. The Morgan fingerprint density at radius 2 is 1.65 bits per heavy atom. The van der Waals surface area contributed by atoms with Crippen molar-refractivity contribution in [1.82, 2.24) is 10.2 Å². The highest BCUT2D eigenvalue weighted by Crippen LogP contribution is 2.21. The minimum Gasteiger partial charge on any atom is -0.490 e.